The number of hydrogen-bond donors (Lipinski definition) is 1. The topological polar surface area (TPSA) is 58.6 Å². The molecule has 5 nitrogen and oxygen atoms in total. The number of ether oxygens (including phenoxy) is 1. The molecule has 0 heterocycles. The van der Waals surface area contributed by atoms with Gasteiger partial charge in [-0.2, -0.15) is 0 Å². The molecule has 2 aromatic carbocycles. The highest BCUT2D eigenvalue weighted by Crippen LogP contribution is 2.23. The molecule has 0 aliphatic carbocycles. The Labute approximate surface area is 179 Å². The van der Waals surface area contributed by atoms with E-state index in [0.29, 0.717) is 17.2 Å². The Morgan fingerprint density at radius 1 is 1.25 bits per heavy atom. The highest BCUT2D eigenvalue weighted by molar-refractivity contribution is 9.10. The Morgan fingerprint density at radius 3 is 2.57 bits per heavy atom. The maximum atomic E-state index is 13.0. The third kappa shape index (κ3) is 5.72. The van der Waals surface area contributed by atoms with Gasteiger partial charge < -0.3 is 15.0 Å². The first-order valence-corrected chi connectivity index (χ1v) is 10.2. The van der Waals surface area contributed by atoms with Crippen molar-refractivity contribution in [2.45, 2.75) is 32.9 Å². The molecule has 0 saturated carbocycles. The molecule has 0 aromatic heterocycles. The highest BCUT2D eigenvalue weighted by atomic mass is 79.9. The summed E-state index contributed by atoms with van der Waals surface area (Å²) in [4.78, 5) is 26.8. The fraction of sp³-hybridized carbons (Fsp3) is 0.333. The molecule has 0 saturated heterocycles. The first kappa shape index (κ1) is 22.2. The molecule has 150 valence electrons. The fourth-order valence-electron chi connectivity index (χ4n) is 2.83. The molecule has 0 aliphatic rings. The van der Waals surface area contributed by atoms with Crippen molar-refractivity contribution in [2.75, 3.05) is 13.7 Å². The van der Waals surface area contributed by atoms with Gasteiger partial charge in [0.2, 0.25) is 5.91 Å². The lowest BCUT2D eigenvalue weighted by Crippen LogP contribution is -2.49. The Bertz CT molecular complexity index is 844. The Morgan fingerprint density at radius 2 is 1.96 bits per heavy atom. The van der Waals surface area contributed by atoms with E-state index in [1.807, 2.05) is 44.2 Å². The van der Waals surface area contributed by atoms with Crippen LogP contribution in [0.25, 0.3) is 0 Å². The van der Waals surface area contributed by atoms with Crippen molar-refractivity contribution >= 4 is 39.3 Å². The van der Waals surface area contributed by atoms with Crippen LogP contribution in [-0.4, -0.2) is 36.4 Å². The molecule has 0 bridgehead atoms. The summed E-state index contributed by atoms with van der Waals surface area (Å²) in [5.41, 5.74) is 1.79. The van der Waals surface area contributed by atoms with Crippen LogP contribution in [-0.2, 0) is 16.1 Å². The minimum atomic E-state index is -0.607. The van der Waals surface area contributed by atoms with Gasteiger partial charge >= 0.3 is 0 Å². The summed E-state index contributed by atoms with van der Waals surface area (Å²) in [7, 11) is 1.56. The highest BCUT2D eigenvalue weighted by Gasteiger charge is 2.28. The maximum Gasteiger partial charge on any atom is 0.261 e. The number of carbonyl (C=O) groups excluding carboxylic acids is 2. The number of benzene rings is 2. The Balaban J connectivity index is 2.21. The third-order valence-corrected chi connectivity index (χ3v) is 5.68. The van der Waals surface area contributed by atoms with Crippen molar-refractivity contribution in [2.24, 2.45) is 0 Å². The van der Waals surface area contributed by atoms with Gasteiger partial charge in [-0.05, 0) is 48.7 Å². The minimum Gasteiger partial charge on any atom is -0.484 e. The average Bonchev–Trinajstić information content (AvgIpc) is 2.69. The quantitative estimate of drug-likeness (QED) is 0.628. The van der Waals surface area contributed by atoms with E-state index >= 15 is 0 Å². The van der Waals surface area contributed by atoms with Crippen LogP contribution >= 0.6 is 27.5 Å². The van der Waals surface area contributed by atoms with E-state index in [1.54, 1.807) is 19.2 Å². The van der Waals surface area contributed by atoms with E-state index in [-0.39, 0.29) is 25.0 Å². The van der Waals surface area contributed by atoms with Crippen molar-refractivity contribution in [1.82, 2.24) is 10.2 Å². The lowest BCUT2D eigenvalue weighted by molar-refractivity contribution is -0.142. The predicted octanol–water partition coefficient (Wildman–Crippen LogP) is 4.34. The van der Waals surface area contributed by atoms with Gasteiger partial charge in [0.25, 0.3) is 5.91 Å². The van der Waals surface area contributed by atoms with Crippen LogP contribution in [0, 0.1) is 6.92 Å². The summed E-state index contributed by atoms with van der Waals surface area (Å²) in [6, 6.07) is 12.2. The summed E-state index contributed by atoms with van der Waals surface area (Å²) >= 11 is 9.71. The van der Waals surface area contributed by atoms with Gasteiger partial charge in [-0.15, -0.1) is 0 Å². The molecular formula is C21H24BrClN2O3. The number of carbonyl (C=O) groups is 2. The Kier molecular flexibility index (Phi) is 8.33. The molecule has 0 unspecified atom stereocenters. The molecular weight excluding hydrogens is 444 g/mol. The van der Waals surface area contributed by atoms with E-state index in [0.717, 1.165) is 15.6 Å². The van der Waals surface area contributed by atoms with Crippen molar-refractivity contribution in [3.63, 3.8) is 0 Å². The molecule has 1 N–H and O–H groups in total. The zero-order valence-electron chi connectivity index (χ0n) is 16.2. The minimum absolute atomic E-state index is 0.168. The summed E-state index contributed by atoms with van der Waals surface area (Å²) in [5.74, 6) is 0.0954. The van der Waals surface area contributed by atoms with Gasteiger partial charge in [0.05, 0.1) is 0 Å². The molecule has 2 amide bonds. The molecule has 2 aromatic rings. The molecule has 0 aliphatic heterocycles. The number of rotatable bonds is 8. The third-order valence-electron chi connectivity index (χ3n) is 4.42. The van der Waals surface area contributed by atoms with E-state index in [1.165, 1.54) is 4.90 Å². The van der Waals surface area contributed by atoms with Gasteiger partial charge in [0, 0.05) is 23.1 Å². The fourth-order valence-corrected chi connectivity index (χ4v) is 3.27. The van der Waals surface area contributed by atoms with Crippen LogP contribution in [0.15, 0.2) is 46.9 Å². The summed E-state index contributed by atoms with van der Waals surface area (Å²) in [6.45, 7) is 3.87. The second-order valence-corrected chi connectivity index (χ2v) is 7.61. The number of aryl methyl sites for hydroxylation is 1. The normalized spacial score (nSPS) is 11.6. The second-order valence-electron chi connectivity index (χ2n) is 6.35. The van der Waals surface area contributed by atoms with Gasteiger partial charge in [-0.3, -0.25) is 9.59 Å². The first-order chi connectivity index (χ1) is 13.4. The van der Waals surface area contributed by atoms with Crippen LogP contribution in [0.1, 0.15) is 24.5 Å². The SMILES string of the molecule is CC[C@H](C(=O)NC)N(Cc1ccccc1Cl)C(=O)COc1ccc(Br)c(C)c1. The molecule has 7 heteroatoms. The molecule has 28 heavy (non-hydrogen) atoms. The number of nitrogens with one attached hydrogen (secondary N) is 1. The predicted molar refractivity (Wildman–Crippen MR) is 115 cm³/mol. The number of halogens is 2. The number of likely N-dealkylation sites (N-methyl/N-ethyl adjacent to an activating group) is 1. The van der Waals surface area contributed by atoms with E-state index in [9.17, 15) is 9.59 Å². The van der Waals surface area contributed by atoms with Crippen LogP contribution < -0.4 is 10.1 Å². The van der Waals surface area contributed by atoms with Gasteiger partial charge in [-0.1, -0.05) is 52.7 Å². The standard InChI is InChI=1S/C21H24BrClN2O3/c1-4-19(21(27)24-3)25(12-15-7-5-6-8-18(15)23)20(26)13-28-16-9-10-17(22)14(2)11-16/h5-11,19H,4,12-13H2,1-3H3,(H,24,27)/t19-/m1/s1. The van der Waals surface area contributed by atoms with Crippen LogP contribution in [0.3, 0.4) is 0 Å². The maximum absolute atomic E-state index is 13.0. The average molecular weight is 468 g/mol. The molecule has 1 atom stereocenters. The van der Waals surface area contributed by atoms with E-state index in [4.69, 9.17) is 16.3 Å². The van der Waals surface area contributed by atoms with Crippen LogP contribution in [0.2, 0.25) is 5.02 Å². The first-order valence-electron chi connectivity index (χ1n) is 9.00. The van der Waals surface area contributed by atoms with Gasteiger partial charge in [0.1, 0.15) is 11.8 Å². The zero-order valence-corrected chi connectivity index (χ0v) is 18.5. The smallest absolute Gasteiger partial charge is 0.261 e. The van der Waals surface area contributed by atoms with Gasteiger partial charge in [0.15, 0.2) is 6.61 Å². The summed E-state index contributed by atoms with van der Waals surface area (Å²) in [5, 5.41) is 3.18. The monoisotopic (exact) mass is 466 g/mol. The lowest BCUT2D eigenvalue weighted by atomic mass is 10.1. The Hall–Kier alpha value is -2.05. The van der Waals surface area contributed by atoms with Crippen molar-refractivity contribution < 1.29 is 14.3 Å². The molecule has 0 radical (unpaired) electrons. The molecule has 0 spiro atoms. The van der Waals surface area contributed by atoms with Gasteiger partial charge in [-0.25, -0.2) is 0 Å². The molecule has 0 fully saturated rings. The molecule has 2 rings (SSSR count). The van der Waals surface area contributed by atoms with Crippen molar-refractivity contribution in [1.29, 1.82) is 0 Å². The zero-order chi connectivity index (χ0) is 20.7. The van der Waals surface area contributed by atoms with E-state index < -0.39 is 6.04 Å². The van der Waals surface area contributed by atoms with Crippen molar-refractivity contribution in [3.05, 3.63) is 63.1 Å². The second kappa shape index (κ2) is 10.5. The van der Waals surface area contributed by atoms with Crippen molar-refractivity contribution in [3.8, 4) is 5.75 Å². The summed E-state index contributed by atoms with van der Waals surface area (Å²) in [6.07, 6.45) is 0.479. The van der Waals surface area contributed by atoms with E-state index in [2.05, 4.69) is 21.2 Å². The lowest BCUT2D eigenvalue weighted by Gasteiger charge is -2.30. The summed E-state index contributed by atoms with van der Waals surface area (Å²) < 4.78 is 6.65. The number of amides is 2. The van der Waals surface area contributed by atoms with Crippen LogP contribution in [0.5, 0.6) is 5.75 Å². The van der Waals surface area contributed by atoms with Crippen LogP contribution in [0.4, 0.5) is 0 Å². The number of nitrogens with zero attached hydrogens (tertiary/aromatic N) is 1. The largest absolute Gasteiger partial charge is 0.484 e. The number of hydrogen-bond acceptors (Lipinski definition) is 3.